The Morgan fingerprint density at radius 3 is 2.90 bits per heavy atom. The Morgan fingerprint density at radius 2 is 2.10 bits per heavy atom. The molecule has 2 rings (SSSR count). The van der Waals surface area contributed by atoms with E-state index in [0.717, 1.165) is 31.6 Å². The van der Waals surface area contributed by atoms with Gasteiger partial charge >= 0.3 is 0 Å². The molecular weight excluding hydrogens is 248 g/mol. The molecule has 0 aliphatic rings. The van der Waals surface area contributed by atoms with Gasteiger partial charge in [-0.25, -0.2) is 0 Å². The molecule has 0 spiro atoms. The Bertz CT molecular complexity index is 551. The second kappa shape index (κ2) is 6.82. The van der Waals surface area contributed by atoms with Crippen LogP contribution in [0, 0.1) is 5.41 Å². The van der Waals surface area contributed by atoms with Crippen LogP contribution in [-0.4, -0.2) is 25.2 Å². The van der Waals surface area contributed by atoms with E-state index in [1.165, 1.54) is 10.9 Å². The molecule has 0 fully saturated rings. The molecule has 0 unspecified atom stereocenters. The molecule has 1 aromatic heterocycles. The Hall–Kier alpha value is -1.45. The fourth-order valence-corrected chi connectivity index (χ4v) is 2.25. The number of hydrogen-bond acceptors (Lipinski definition) is 3. The van der Waals surface area contributed by atoms with Crippen molar-refractivity contribution in [2.75, 3.05) is 20.3 Å². The summed E-state index contributed by atoms with van der Waals surface area (Å²) in [5, 5.41) is 4.74. The standard InChI is InChI=1S/C17H24N2O/c1-17(2,8-10-20-3)13-18-12-14-6-7-16-15(11-14)5-4-9-19-16/h4-7,9,11,18H,8,10,12-13H2,1-3H3. The van der Waals surface area contributed by atoms with Crippen molar-refractivity contribution < 1.29 is 4.74 Å². The first-order chi connectivity index (χ1) is 9.61. The van der Waals surface area contributed by atoms with Crippen LogP contribution in [0.3, 0.4) is 0 Å². The van der Waals surface area contributed by atoms with E-state index in [1.807, 2.05) is 12.3 Å². The minimum absolute atomic E-state index is 0.258. The molecule has 0 saturated heterocycles. The van der Waals surface area contributed by atoms with Crippen LogP contribution in [-0.2, 0) is 11.3 Å². The first-order valence-corrected chi connectivity index (χ1v) is 7.14. The number of benzene rings is 1. The molecule has 1 heterocycles. The monoisotopic (exact) mass is 272 g/mol. The van der Waals surface area contributed by atoms with Gasteiger partial charge in [-0.2, -0.15) is 0 Å². The average molecular weight is 272 g/mol. The molecule has 0 saturated carbocycles. The lowest BCUT2D eigenvalue weighted by atomic mass is 9.89. The SMILES string of the molecule is COCCC(C)(C)CNCc1ccc2ncccc2c1. The Kier molecular flexibility index (Phi) is 5.10. The smallest absolute Gasteiger partial charge is 0.0702 e. The summed E-state index contributed by atoms with van der Waals surface area (Å²) in [6, 6.07) is 10.5. The molecule has 0 aliphatic carbocycles. The van der Waals surface area contributed by atoms with Crippen molar-refractivity contribution in [2.24, 2.45) is 5.41 Å². The molecule has 0 bridgehead atoms. The average Bonchev–Trinajstić information content (AvgIpc) is 2.45. The van der Waals surface area contributed by atoms with E-state index >= 15 is 0 Å². The van der Waals surface area contributed by atoms with Crippen LogP contribution in [0.25, 0.3) is 10.9 Å². The van der Waals surface area contributed by atoms with Gasteiger partial charge in [-0.15, -0.1) is 0 Å². The first-order valence-electron chi connectivity index (χ1n) is 7.14. The van der Waals surface area contributed by atoms with Gasteiger partial charge in [-0.1, -0.05) is 26.0 Å². The van der Waals surface area contributed by atoms with Gasteiger partial charge in [-0.3, -0.25) is 4.98 Å². The maximum Gasteiger partial charge on any atom is 0.0702 e. The lowest BCUT2D eigenvalue weighted by Crippen LogP contribution is -2.30. The lowest BCUT2D eigenvalue weighted by Gasteiger charge is -2.24. The summed E-state index contributed by atoms with van der Waals surface area (Å²) in [5.74, 6) is 0. The molecule has 0 amide bonds. The third-order valence-corrected chi connectivity index (χ3v) is 3.58. The topological polar surface area (TPSA) is 34.1 Å². The van der Waals surface area contributed by atoms with Crippen molar-refractivity contribution in [1.82, 2.24) is 10.3 Å². The predicted molar refractivity (Wildman–Crippen MR) is 83.7 cm³/mol. The van der Waals surface area contributed by atoms with Crippen LogP contribution in [0.2, 0.25) is 0 Å². The van der Waals surface area contributed by atoms with Crippen molar-refractivity contribution in [3.05, 3.63) is 42.1 Å². The zero-order chi connectivity index (χ0) is 14.4. The minimum atomic E-state index is 0.258. The lowest BCUT2D eigenvalue weighted by molar-refractivity contribution is 0.150. The maximum atomic E-state index is 5.16. The van der Waals surface area contributed by atoms with Crippen LogP contribution < -0.4 is 5.32 Å². The number of aromatic nitrogens is 1. The van der Waals surface area contributed by atoms with Gasteiger partial charge < -0.3 is 10.1 Å². The molecule has 0 atom stereocenters. The first kappa shape index (κ1) is 14.9. The zero-order valence-corrected chi connectivity index (χ0v) is 12.6. The van der Waals surface area contributed by atoms with E-state index in [-0.39, 0.29) is 5.41 Å². The fraction of sp³-hybridized carbons (Fsp3) is 0.471. The van der Waals surface area contributed by atoms with Crippen LogP contribution in [0.4, 0.5) is 0 Å². The molecule has 1 N–H and O–H groups in total. The van der Waals surface area contributed by atoms with E-state index in [1.54, 1.807) is 7.11 Å². The number of fused-ring (bicyclic) bond motifs is 1. The van der Waals surface area contributed by atoms with Crippen molar-refractivity contribution in [3.63, 3.8) is 0 Å². The number of ether oxygens (including phenoxy) is 1. The third kappa shape index (κ3) is 4.29. The normalized spacial score (nSPS) is 11.9. The van der Waals surface area contributed by atoms with E-state index in [0.29, 0.717) is 0 Å². The summed E-state index contributed by atoms with van der Waals surface area (Å²) < 4.78 is 5.16. The van der Waals surface area contributed by atoms with E-state index in [9.17, 15) is 0 Å². The number of pyridine rings is 1. The van der Waals surface area contributed by atoms with Crippen molar-refractivity contribution in [3.8, 4) is 0 Å². The molecule has 20 heavy (non-hydrogen) atoms. The number of nitrogens with zero attached hydrogens (tertiary/aromatic N) is 1. The highest BCUT2D eigenvalue weighted by Crippen LogP contribution is 2.19. The molecule has 0 radical (unpaired) electrons. The molecular formula is C17H24N2O. The molecule has 1 aromatic carbocycles. The quantitative estimate of drug-likeness (QED) is 0.839. The van der Waals surface area contributed by atoms with Gasteiger partial charge in [0.15, 0.2) is 0 Å². The molecule has 0 aliphatic heterocycles. The van der Waals surface area contributed by atoms with Gasteiger partial charge in [0, 0.05) is 38.4 Å². The van der Waals surface area contributed by atoms with Gasteiger partial charge in [0.2, 0.25) is 0 Å². The Morgan fingerprint density at radius 1 is 1.25 bits per heavy atom. The highest BCUT2D eigenvalue weighted by molar-refractivity contribution is 5.78. The number of rotatable bonds is 7. The molecule has 3 nitrogen and oxygen atoms in total. The second-order valence-electron chi connectivity index (χ2n) is 6.04. The predicted octanol–water partition coefficient (Wildman–Crippen LogP) is 3.39. The van der Waals surface area contributed by atoms with Gasteiger partial charge in [0.1, 0.15) is 0 Å². The van der Waals surface area contributed by atoms with E-state index < -0.39 is 0 Å². The van der Waals surface area contributed by atoms with Crippen LogP contribution >= 0.6 is 0 Å². The highest BCUT2D eigenvalue weighted by atomic mass is 16.5. The summed E-state index contributed by atoms with van der Waals surface area (Å²) in [6.07, 6.45) is 2.90. The largest absolute Gasteiger partial charge is 0.385 e. The third-order valence-electron chi connectivity index (χ3n) is 3.58. The molecule has 3 heteroatoms. The fourth-order valence-electron chi connectivity index (χ4n) is 2.25. The van der Waals surface area contributed by atoms with Crippen LogP contribution in [0.5, 0.6) is 0 Å². The molecule has 2 aromatic rings. The van der Waals surface area contributed by atoms with Gasteiger partial charge in [-0.05, 0) is 35.6 Å². The van der Waals surface area contributed by atoms with Crippen molar-refractivity contribution in [1.29, 1.82) is 0 Å². The van der Waals surface area contributed by atoms with Crippen molar-refractivity contribution in [2.45, 2.75) is 26.8 Å². The second-order valence-corrected chi connectivity index (χ2v) is 6.04. The summed E-state index contributed by atoms with van der Waals surface area (Å²) in [5.41, 5.74) is 2.61. The summed E-state index contributed by atoms with van der Waals surface area (Å²) >= 11 is 0. The summed E-state index contributed by atoms with van der Waals surface area (Å²) in [7, 11) is 1.76. The van der Waals surface area contributed by atoms with Crippen molar-refractivity contribution >= 4 is 10.9 Å². The van der Waals surface area contributed by atoms with Gasteiger partial charge in [0.25, 0.3) is 0 Å². The molecule has 108 valence electrons. The minimum Gasteiger partial charge on any atom is -0.385 e. The zero-order valence-electron chi connectivity index (χ0n) is 12.6. The van der Waals surface area contributed by atoms with E-state index in [4.69, 9.17) is 4.74 Å². The summed E-state index contributed by atoms with van der Waals surface area (Å²) in [4.78, 5) is 4.34. The number of methoxy groups -OCH3 is 1. The van der Waals surface area contributed by atoms with Crippen LogP contribution in [0.1, 0.15) is 25.8 Å². The Labute approximate surface area is 121 Å². The maximum absolute atomic E-state index is 5.16. The Balaban J connectivity index is 1.89. The number of hydrogen-bond donors (Lipinski definition) is 1. The number of nitrogens with one attached hydrogen (secondary N) is 1. The van der Waals surface area contributed by atoms with Crippen LogP contribution in [0.15, 0.2) is 36.5 Å². The summed E-state index contributed by atoms with van der Waals surface area (Å²) in [6.45, 7) is 7.23. The van der Waals surface area contributed by atoms with E-state index in [2.05, 4.69) is 48.4 Å². The van der Waals surface area contributed by atoms with Gasteiger partial charge in [0.05, 0.1) is 5.52 Å². The highest BCUT2D eigenvalue weighted by Gasteiger charge is 2.16.